The molecule has 0 radical (unpaired) electrons. The molecule has 4 heterocycles. The molecule has 1 aromatic heterocycles. The summed E-state index contributed by atoms with van der Waals surface area (Å²) < 4.78 is 1.95. The molecule has 0 N–H and O–H groups in total. The second kappa shape index (κ2) is 5.53. The standard InChI is InChI=1S/C18H22ClN3O/c1-20-9-12-6-7-14(11-20)22(10-12)18(23)16-8-13-4-3-5-15(19)17(13)21(16)2/h3-5,8,12,14H,6-7,9-11H2,1-2H3/t12-,14+/m0/s1. The number of amides is 1. The number of carbonyl (C=O) groups is 1. The van der Waals surface area contributed by atoms with Crippen molar-refractivity contribution < 1.29 is 4.79 Å². The van der Waals surface area contributed by atoms with Crippen molar-refractivity contribution in [3.63, 3.8) is 0 Å². The Bertz CT molecular complexity index is 769. The highest BCUT2D eigenvalue weighted by molar-refractivity contribution is 6.35. The lowest BCUT2D eigenvalue weighted by atomic mass is 9.94. The quantitative estimate of drug-likeness (QED) is 0.803. The van der Waals surface area contributed by atoms with Gasteiger partial charge in [0.05, 0.1) is 10.5 Å². The Balaban J connectivity index is 1.72. The molecule has 0 saturated carbocycles. The van der Waals surface area contributed by atoms with Crippen LogP contribution < -0.4 is 0 Å². The van der Waals surface area contributed by atoms with Gasteiger partial charge >= 0.3 is 0 Å². The number of likely N-dealkylation sites (N-methyl/N-ethyl adjacent to an activating group) is 1. The smallest absolute Gasteiger partial charge is 0.270 e. The van der Waals surface area contributed by atoms with Crippen LogP contribution in [0.4, 0.5) is 0 Å². The maximum Gasteiger partial charge on any atom is 0.270 e. The second-order valence-corrected chi connectivity index (χ2v) is 7.45. The number of carbonyl (C=O) groups excluding carboxylic acids is 1. The molecule has 0 aliphatic carbocycles. The summed E-state index contributed by atoms with van der Waals surface area (Å²) in [7, 11) is 4.10. The fourth-order valence-corrected chi connectivity index (χ4v) is 4.59. The molecule has 2 bridgehead atoms. The number of benzene rings is 1. The van der Waals surface area contributed by atoms with E-state index in [9.17, 15) is 4.79 Å². The molecule has 5 heteroatoms. The average molecular weight is 332 g/mol. The molecule has 3 fully saturated rings. The largest absolute Gasteiger partial charge is 0.338 e. The van der Waals surface area contributed by atoms with Crippen LogP contribution in [-0.2, 0) is 7.05 Å². The fraction of sp³-hybridized carbons (Fsp3) is 0.500. The summed E-state index contributed by atoms with van der Waals surface area (Å²) in [4.78, 5) is 17.7. The molecule has 0 unspecified atom stereocenters. The number of aromatic nitrogens is 1. The molecular weight excluding hydrogens is 310 g/mol. The minimum absolute atomic E-state index is 0.143. The zero-order valence-electron chi connectivity index (χ0n) is 13.6. The lowest BCUT2D eigenvalue weighted by Crippen LogP contribution is -2.47. The zero-order valence-corrected chi connectivity index (χ0v) is 14.4. The highest BCUT2D eigenvalue weighted by Crippen LogP contribution is 2.31. The van der Waals surface area contributed by atoms with E-state index in [4.69, 9.17) is 11.6 Å². The Morgan fingerprint density at radius 2 is 2.00 bits per heavy atom. The summed E-state index contributed by atoms with van der Waals surface area (Å²) in [6.07, 6.45) is 2.35. The molecular formula is C18H22ClN3O. The summed E-state index contributed by atoms with van der Waals surface area (Å²) in [6, 6.07) is 8.13. The first-order valence-electron chi connectivity index (χ1n) is 8.28. The minimum atomic E-state index is 0.143. The first-order valence-corrected chi connectivity index (χ1v) is 8.66. The summed E-state index contributed by atoms with van der Waals surface area (Å²) in [5, 5.41) is 1.72. The molecule has 3 saturated heterocycles. The van der Waals surface area contributed by atoms with Gasteiger partial charge in [-0.05, 0) is 37.9 Å². The van der Waals surface area contributed by atoms with Crippen molar-refractivity contribution in [2.45, 2.75) is 18.9 Å². The van der Waals surface area contributed by atoms with Crippen molar-refractivity contribution in [3.8, 4) is 0 Å². The van der Waals surface area contributed by atoms with Crippen molar-refractivity contribution in [2.24, 2.45) is 13.0 Å². The number of halogens is 1. The maximum absolute atomic E-state index is 13.2. The number of piperidine rings is 1. The third-order valence-electron chi connectivity index (χ3n) is 5.38. The van der Waals surface area contributed by atoms with Crippen LogP contribution in [0, 0.1) is 5.92 Å². The molecule has 2 aromatic rings. The molecule has 4 nitrogen and oxygen atoms in total. The number of aryl methyl sites for hydroxylation is 1. The van der Waals surface area contributed by atoms with Crippen LogP contribution in [-0.4, -0.2) is 53.0 Å². The summed E-state index contributed by atoms with van der Waals surface area (Å²) in [5.74, 6) is 0.741. The van der Waals surface area contributed by atoms with E-state index in [1.807, 2.05) is 35.9 Å². The Morgan fingerprint density at radius 3 is 2.78 bits per heavy atom. The number of nitrogens with zero attached hydrogens (tertiary/aromatic N) is 3. The van der Waals surface area contributed by atoms with Gasteiger partial charge in [0, 0.05) is 38.1 Å². The highest BCUT2D eigenvalue weighted by Gasteiger charge is 2.37. The molecule has 23 heavy (non-hydrogen) atoms. The van der Waals surface area contributed by atoms with Crippen LogP contribution in [0.3, 0.4) is 0 Å². The topological polar surface area (TPSA) is 28.5 Å². The van der Waals surface area contributed by atoms with Crippen LogP contribution in [0.1, 0.15) is 23.3 Å². The number of hydrogen-bond donors (Lipinski definition) is 0. The molecule has 0 spiro atoms. The van der Waals surface area contributed by atoms with Crippen LogP contribution >= 0.6 is 11.6 Å². The molecule has 3 aliphatic rings. The van der Waals surface area contributed by atoms with Gasteiger partial charge in [-0.25, -0.2) is 0 Å². The third kappa shape index (κ3) is 2.45. The first-order chi connectivity index (χ1) is 11.0. The van der Waals surface area contributed by atoms with Gasteiger partial charge in [-0.15, -0.1) is 0 Å². The molecule has 122 valence electrons. The first kappa shape index (κ1) is 15.0. The van der Waals surface area contributed by atoms with Gasteiger partial charge in [0.2, 0.25) is 0 Å². The second-order valence-electron chi connectivity index (χ2n) is 7.04. The van der Waals surface area contributed by atoms with Crippen LogP contribution in [0.2, 0.25) is 5.02 Å². The van der Waals surface area contributed by atoms with E-state index in [1.165, 1.54) is 6.42 Å². The van der Waals surface area contributed by atoms with E-state index in [2.05, 4.69) is 16.8 Å². The monoisotopic (exact) mass is 331 g/mol. The molecule has 2 atom stereocenters. The number of para-hydroxylation sites is 1. The predicted octanol–water partition coefficient (Wildman–Crippen LogP) is 3.00. The van der Waals surface area contributed by atoms with E-state index in [0.29, 0.717) is 17.0 Å². The van der Waals surface area contributed by atoms with Crippen molar-refractivity contribution >= 4 is 28.4 Å². The lowest BCUT2D eigenvalue weighted by molar-refractivity contribution is 0.0577. The van der Waals surface area contributed by atoms with E-state index >= 15 is 0 Å². The fourth-order valence-electron chi connectivity index (χ4n) is 4.28. The maximum atomic E-state index is 13.2. The highest BCUT2D eigenvalue weighted by atomic mass is 35.5. The SMILES string of the molecule is CN1C[C@@H]2CC[C@H](C1)N(C(=O)c1cc3cccc(Cl)c3n1C)C2. The van der Waals surface area contributed by atoms with Crippen molar-refractivity contribution in [3.05, 3.63) is 35.0 Å². The summed E-state index contributed by atoms with van der Waals surface area (Å²) in [5.41, 5.74) is 1.68. The normalized spacial score (nSPS) is 25.1. The summed E-state index contributed by atoms with van der Waals surface area (Å²) >= 11 is 6.32. The van der Waals surface area contributed by atoms with Crippen molar-refractivity contribution in [2.75, 3.05) is 26.7 Å². The Kier molecular flexibility index (Phi) is 3.62. The van der Waals surface area contributed by atoms with E-state index in [0.717, 1.165) is 42.7 Å². The van der Waals surface area contributed by atoms with E-state index in [1.54, 1.807) is 0 Å². The van der Waals surface area contributed by atoms with Gasteiger partial charge in [-0.1, -0.05) is 23.7 Å². The number of hydrogen-bond acceptors (Lipinski definition) is 2. The average Bonchev–Trinajstić information content (AvgIpc) is 2.66. The van der Waals surface area contributed by atoms with Gasteiger partial charge in [0.25, 0.3) is 5.91 Å². The number of rotatable bonds is 1. The lowest BCUT2D eigenvalue weighted by Gasteiger charge is -2.36. The van der Waals surface area contributed by atoms with Crippen LogP contribution in [0.25, 0.3) is 10.9 Å². The van der Waals surface area contributed by atoms with Crippen molar-refractivity contribution in [1.29, 1.82) is 0 Å². The molecule has 5 rings (SSSR count). The molecule has 1 amide bonds. The Labute approximate surface area is 141 Å². The summed E-state index contributed by atoms with van der Waals surface area (Å²) in [6.45, 7) is 2.96. The third-order valence-corrected chi connectivity index (χ3v) is 5.69. The number of fused-ring (bicyclic) bond motifs is 5. The molecule has 3 aliphatic heterocycles. The van der Waals surface area contributed by atoms with Gasteiger partial charge in [-0.3, -0.25) is 4.79 Å². The molecule has 1 aromatic carbocycles. The van der Waals surface area contributed by atoms with Gasteiger partial charge < -0.3 is 14.4 Å². The van der Waals surface area contributed by atoms with Crippen LogP contribution in [0.5, 0.6) is 0 Å². The predicted molar refractivity (Wildman–Crippen MR) is 93.0 cm³/mol. The Hall–Kier alpha value is -1.52. The van der Waals surface area contributed by atoms with Crippen LogP contribution in [0.15, 0.2) is 24.3 Å². The van der Waals surface area contributed by atoms with Gasteiger partial charge in [0.15, 0.2) is 0 Å². The van der Waals surface area contributed by atoms with E-state index < -0.39 is 0 Å². The minimum Gasteiger partial charge on any atom is -0.338 e. The van der Waals surface area contributed by atoms with Gasteiger partial charge in [0.1, 0.15) is 5.69 Å². The Morgan fingerprint density at radius 1 is 1.17 bits per heavy atom. The zero-order chi connectivity index (χ0) is 16.1. The van der Waals surface area contributed by atoms with Crippen molar-refractivity contribution in [1.82, 2.24) is 14.4 Å². The van der Waals surface area contributed by atoms with E-state index in [-0.39, 0.29) is 5.91 Å². The van der Waals surface area contributed by atoms with Gasteiger partial charge in [-0.2, -0.15) is 0 Å².